The van der Waals surface area contributed by atoms with Crippen molar-refractivity contribution in [2.75, 3.05) is 0 Å². The molecule has 0 radical (unpaired) electrons. The van der Waals surface area contributed by atoms with Crippen molar-refractivity contribution in [1.82, 2.24) is 15.2 Å². The second-order valence-corrected chi connectivity index (χ2v) is 5.36. The van der Waals surface area contributed by atoms with E-state index in [0.717, 1.165) is 11.3 Å². The number of aromatic amines is 1. The van der Waals surface area contributed by atoms with E-state index in [-0.39, 0.29) is 0 Å². The smallest absolute Gasteiger partial charge is 0.236 e. The van der Waals surface area contributed by atoms with Gasteiger partial charge in [0.25, 0.3) is 0 Å². The van der Waals surface area contributed by atoms with Crippen molar-refractivity contribution < 1.29 is 0 Å². The van der Waals surface area contributed by atoms with Crippen molar-refractivity contribution in [3.05, 3.63) is 64.8 Å². The maximum Gasteiger partial charge on any atom is 0.236 e. The molecule has 3 aromatic rings. The number of rotatable bonds is 2. The van der Waals surface area contributed by atoms with Crippen LogP contribution in [0.1, 0.15) is 16.8 Å². The van der Waals surface area contributed by atoms with Gasteiger partial charge < -0.3 is 0 Å². The molecule has 0 saturated heterocycles. The molecule has 2 aromatic heterocycles. The predicted molar refractivity (Wildman–Crippen MR) is 87.7 cm³/mol. The van der Waals surface area contributed by atoms with Gasteiger partial charge in [-0.05, 0) is 43.5 Å². The minimum absolute atomic E-state index is 0.535. The highest BCUT2D eigenvalue weighted by molar-refractivity contribution is 5.76. The second-order valence-electron chi connectivity index (χ2n) is 5.36. The average molecular weight is 288 g/mol. The Morgan fingerprint density at radius 3 is 2.36 bits per heavy atom. The van der Waals surface area contributed by atoms with Crippen molar-refractivity contribution >= 4 is 5.69 Å². The number of hydrogen-bond acceptors (Lipinski definition) is 2. The highest BCUT2D eigenvalue weighted by Gasteiger charge is 2.14. The largest absolute Gasteiger partial charge is 0.294 e. The standard InChI is InChI=1S/C18H16N4/c1-11-6-5-7-12(2)16(11)14-8-9-15(20-10-14)18-17(19-4)13(3)21-22-18/h5-10H,1-3H3,(H,21,22). The Labute approximate surface area is 129 Å². The van der Waals surface area contributed by atoms with Gasteiger partial charge in [-0.15, -0.1) is 0 Å². The Hall–Kier alpha value is -2.93. The van der Waals surface area contributed by atoms with Crippen molar-refractivity contribution in [3.63, 3.8) is 0 Å². The molecule has 2 heterocycles. The number of nitrogens with zero attached hydrogens (tertiary/aromatic N) is 3. The molecule has 4 heteroatoms. The molecule has 0 atom stereocenters. The van der Waals surface area contributed by atoms with Crippen molar-refractivity contribution in [2.45, 2.75) is 20.8 Å². The summed E-state index contributed by atoms with van der Waals surface area (Å²) in [5, 5.41) is 7.04. The maximum absolute atomic E-state index is 7.26. The fourth-order valence-corrected chi connectivity index (χ4v) is 2.69. The fourth-order valence-electron chi connectivity index (χ4n) is 2.69. The number of hydrogen-bond donors (Lipinski definition) is 1. The normalized spacial score (nSPS) is 10.5. The molecule has 0 bridgehead atoms. The van der Waals surface area contributed by atoms with E-state index < -0.39 is 0 Å². The zero-order chi connectivity index (χ0) is 15.7. The molecule has 22 heavy (non-hydrogen) atoms. The number of H-pyrrole nitrogens is 1. The van der Waals surface area contributed by atoms with Gasteiger partial charge in [0.15, 0.2) is 0 Å². The summed E-state index contributed by atoms with van der Waals surface area (Å²) < 4.78 is 0. The molecule has 0 amide bonds. The first-order chi connectivity index (χ1) is 10.6. The Kier molecular flexibility index (Phi) is 3.48. The lowest BCUT2D eigenvalue weighted by atomic mass is 9.97. The van der Waals surface area contributed by atoms with Crippen molar-refractivity contribution in [2.24, 2.45) is 0 Å². The van der Waals surface area contributed by atoms with Gasteiger partial charge in [-0.3, -0.25) is 10.1 Å². The van der Waals surface area contributed by atoms with Gasteiger partial charge in [0, 0.05) is 17.5 Å². The Morgan fingerprint density at radius 1 is 1.05 bits per heavy atom. The summed E-state index contributed by atoms with van der Waals surface area (Å²) in [4.78, 5) is 8.04. The van der Waals surface area contributed by atoms with Gasteiger partial charge in [-0.1, -0.05) is 24.3 Å². The van der Waals surface area contributed by atoms with E-state index in [9.17, 15) is 0 Å². The van der Waals surface area contributed by atoms with E-state index >= 15 is 0 Å². The molecular formula is C18H16N4. The third-order valence-electron chi connectivity index (χ3n) is 3.80. The molecule has 0 saturated carbocycles. The van der Waals surface area contributed by atoms with Gasteiger partial charge >= 0.3 is 0 Å². The molecule has 3 rings (SSSR count). The zero-order valence-electron chi connectivity index (χ0n) is 12.8. The van der Waals surface area contributed by atoms with Crippen LogP contribution in [0.2, 0.25) is 0 Å². The van der Waals surface area contributed by atoms with E-state index in [0.29, 0.717) is 17.1 Å². The van der Waals surface area contributed by atoms with Crippen LogP contribution in [-0.2, 0) is 0 Å². The SMILES string of the molecule is [C-]#[N+]c1c(-c2ccc(-c3c(C)cccc3C)cn2)n[nH]c1C. The van der Waals surface area contributed by atoms with E-state index in [1.165, 1.54) is 16.7 Å². The Bertz CT molecular complexity index is 847. The van der Waals surface area contributed by atoms with E-state index in [1.807, 2.05) is 25.3 Å². The quantitative estimate of drug-likeness (QED) is 0.700. The monoisotopic (exact) mass is 288 g/mol. The molecule has 1 aromatic carbocycles. The minimum Gasteiger partial charge on any atom is -0.294 e. The molecule has 1 N–H and O–H groups in total. The van der Waals surface area contributed by atoms with Gasteiger partial charge in [0.2, 0.25) is 5.69 Å². The summed E-state index contributed by atoms with van der Waals surface area (Å²) in [5.41, 5.74) is 7.38. The highest BCUT2D eigenvalue weighted by Crippen LogP contribution is 2.32. The highest BCUT2D eigenvalue weighted by atomic mass is 15.1. The summed E-state index contributed by atoms with van der Waals surface area (Å²) in [5.74, 6) is 0. The van der Waals surface area contributed by atoms with Crippen LogP contribution in [0.5, 0.6) is 0 Å². The van der Waals surface area contributed by atoms with Crippen LogP contribution in [0.3, 0.4) is 0 Å². The third-order valence-corrected chi connectivity index (χ3v) is 3.80. The fraction of sp³-hybridized carbons (Fsp3) is 0.167. The van der Waals surface area contributed by atoms with Gasteiger partial charge in [0.1, 0.15) is 5.69 Å². The summed E-state index contributed by atoms with van der Waals surface area (Å²) in [7, 11) is 0. The lowest BCUT2D eigenvalue weighted by Crippen LogP contribution is -1.90. The first-order valence-electron chi connectivity index (χ1n) is 7.07. The van der Waals surface area contributed by atoms with Crippen LogP contribution in [-0.4, -0.2) is 15.2 Å². The summed E-state index contributed by atoms with van der Waals surface area (Å²) in [6.07, 6.45) is 1.85. The first kappa shape index (κ1) is 14.0. The van der Waals surface area contributed by atoms with E-state index in [1.54, 1.807) is 0 Å². The number of pyridine rings is 1. The number of nitrogens with one attached hydrogen (secondary N) is 1. The van der Waals surface area contributed by atoms with Gasteiger partial charge in [-0.2, -0.15) is 5.10 Å². The van der Waals surface area contributed by atoms with Crippen LogP contribution < -0.4 is 0 Å². The van der Waals surface area contributed by atoms with Gasteiger partial charge in [0.05, 0.1) is 12.3 Å². The molecule has 0 aliphatic carbocycles. The van der Waals surface area contributed by atoms with Crippen molar-refractivity contribution in [1.29, 1.82) is 0 Å². The summed E-state index contributed by atoms with van der Waals surface area (Å²) in [6, 6.07) is 10.2. The molecular weight excluding hydrogens is 272 g/mol. The van der Waals surface area contributed by atoms with Gasteiger partial charge in [-0.25, -0.2) is 4.85 Å². The first-order valence-corrected chi connectivity index (χ1v) is 7.07. The second kappa shape index (κ2) is 5.45. The number of aromatic nitrogens is 3. The van der Waals surface area contributed by atoms with Crippen LogP contribution in [0.15, 0.2) is 36.5 Å². The molecule has 0 aliphatic rings. The molecule has 4 nitrogen and oxygen atoms in total. The number of benzene rings is 1. The van der Waals surface area contributed by atoms with Crippen LogP contribution >= 0.6 is 0 Å². The molecule has 0 fully saturated rings. The topological polar surface area (TPSA) is 45.9 Å². The molecule has 0 aliphatic heterocycles. The Balaban J connectivity index is 2.06. The van der Waals surface area contributed by atoms with Crippen LogP contribution in [0, 0.1) is 27.3 Å². The lowest BCUT2D eigenvalue weighted by Gasteiger charge is -2.09. The van der Waals surface area contributed by atoms with Crippen LogP contribution in [0.4, 0.5) is 5.69 Å². The lowest BCUT2D eigenvalue weighted by molar-refractivity contribution is 1.05. The molecule has 0 unspecified atom stereocenters. The number of aryl methyl sites for hydroxylation is 3. The predicted octanol–water partition coefficient (Wildman–Crippen LogP) is 4.61. The minimum atomic E-state index is 0.535. The molecule has 0 spiro atoms. The van der Waals surface area contributed by atoms with Crippen LogP contribution in [0.25, 0.3) is 27.4 Å². The Morgan fingerprint density at radius 2 is 1.77 bits per heavy atom. The van der Waals surface area contributed by atoms with E-state index in [2.05, 4.69) is 52.1 Å². The van der Waals surface area contributed by atoms with Crippen molar-refractivity contribution in [3.8, 4) is 22.5 Å². The summed E-state index contributed by atoms with van der Waals surface area (Å²) in [6.45, 7) is 13.3. The molecule has 108 valence electrons. The third kappa shape index (κ3) is 2.27. The average Bonchev–Trinajstić information content (AvgIpc) is 2.88. The zero-order valence-corrected chi connectivity index (χ0v) is 12.8. The maximum atomic E-state index is 7.26. The summed E-state index contributed by atoms with van der Waals surface area (Å²) >= 11 is 0. The van der Waals surface area contributed by atoms with E-state index in [4.69, 9.17) is 6.57 Å².